The largest absolute Gasteiger partial charge is 0.380 e. The van der Waals surface area contributed by atoms with Gasteiger partial charge in [-0.2, -0.15) is 0 Å². The van der Waals surface area contributed by atoms with Gasteiger partial charge in [0.1, 0.15) is 11.5 Å². The summed E-state index contributed by atoms with van der Waals surface area (Å²) in [5.74, 6) is -0.517. The van der Waals surface area contributed by atoms with Gasteiger partial charge in [0.05, 0.1) is 11.9 Å². The SMILES string of the molecule is Cc1ccc(C)c(NC(=O)c2ccc(NCc3ccccc3F)cn2)c1. The predicted molar refractivity (Wildman–Crippen MR) is 102 cm³/mol. The van der Waals surface area contributed by atoms with Crippen LogP contribution < -0.4 is 10.6 Å². The van der Waals surface area contributed by atoms with E-state index < -0.39 is 0 Å². The lowest BCUT2D eigenvalue weighted by Crippen LogP contribution is -2.14. The van der Waals surface area contributed by atoms with Gasteiger partial charge in [-0.1, -0.05) is 30.3 Å². The summed E-state index contributed by atoms with van der Waals surface area (Å²) in [5.41, 5.74) is 4.46. The number of benzene rings is 2. The Morgan fingerprint density at radius 1 is 1.08 bits per heavy atom. The Morgan fingerprint density at radius 2 is 1.88 bits per heavy atom. The zero-order valence-electron chi connectivity index (χ0n) is 14.7. The van der Waals surface area contributed by atoms with Crippen LogP contribution in [-0.4, -0.2) is 10.9 Å². The average molecular weight is 349 g/mol. The second-order valence-corrected chi connectivity index (χ2v) is 6.15. The molecule has 1 amide bonds. The van der Waals surface area contributed by atoms with Gasteiger partial charge in [0.2, 0.25) is 0 Å². The van der Waals surface area contributed by atoms with Gasteiger partial charge in [-0.3, -0.25) is 4.79 Å². The number of halogens is 1. The average Bonchev–Trinajstić information content (AvgIpc) is 2.64. The third kappa shape index (κ3) is 4.25. The van der Waals surface area contributed by atoms with Crippen LogP contribution in [0.3, 0.4) is 0 Å². The maximum atomic E-state index is 13.6. The lowest BCUT2D eigenvalue weighted by atomic mass is 10.1. The summed E-state index contributed by atoms with van der Waals surface area (Å²) in [4.78, 5) is 16.6. The predicted octanol–water partition coefficient (Wildman–Crippen LogP) is 4.70. The molecule has 1 aromatic heterocycles. The second-order valence-electron chi connectivity index (χ2n) is 6.15. The first-order valence-electron chi connectivity index (χ1n) is 8.35. The van der Waals surface area contributed by atoms with Crippen LogP contribution in [0.4, 0.5) is 15.8 Å². The topological polar surface area (TPSA) is 54.0 Å². The maximum Gasteiger partial charge on any atom is 0.274 e. The van der Waals surface area contributed by atoms with Crippen molar-refractivity contribution >= 4 is 17.3 Å². The summed E-state index contributed by atoms with van der Waals surface area (Å²) < 4.78 is 13.6. The van der Waals surface area contributed by atoms with Crippen LogP contribution >= 0.6 is 0 Å². The van der Waals surface area contributed by atoms with Gasteiger partial charge in [-0.25, -0.2) is 9.37 Å². The van der Waals surface area contributed by atoms with E-state index >= 15 is 0 Å². The molecule has 5 heteroatoms. The Balaban J connectivity index is 1.64. The standard InChI is InChI=1S/C21H20FN3O/c1-14-7-8-15(2)20(11-14)25-21(26)19-10-9-17(13-24-19)23-12-16-5-3-4-6-18(16)22/h3-11,13,23H,12H2,1-2H3,(H,25,26). The van der Waals surface area contributed by atoms with Gasteiger partial charge in [0, 0.05) is 17.8 Å². The maximum absolute atomic E-state index is 13.6. The number of rotatable bonds is 5. The molecule has 0 saturated carbocycles. The van der Waals surface area contributed by atoms with E-state index in [9.17, 15) is 9.18 Å². The first-order valence-corrected chi connectivity index (χ1v) is 8.35. The van der Waals surface area contributed by atoms with Crippen LogP contribution in [-0.2, 0) is 6.54 Å². The van der Waals surface area contributed by atoms with E-state index in [0.717, 1.165) is 22.5 Å². The number of aryl methyl sites for hydroxylation is 2. The highest BCUT2D eigenvalue weighted by molar-refractivity contribution is 6.03. The molecule has 2 N–H and O–H groups in total. The van der Waals surface area contributed by atoms with Gasteiger partial charge < -0.3 is 10.6 Å². The third-order valence-electron chi connectivity index (χ3n) is 4.08. The molecule has 132 valence electrons. The lowest BCUT2D eigenvalue weighted by Gasteiger charge is -2.10. The number of nitrogens with zero attached hydrogens (tertiary/aromatic N) is 1. The van der Waals surface area contributed by atoms with Crippen molar-refractivity contribution in [2.75, 3.05) is 10.6 Å². The van der Waals surface area contributed by atoms with Crippen LogP contribution in [0.5, 0.6) is 0 Å². The Kier molecular flexibility index (Phi) is 5.27. The Labute approximate surface area is 152 Å². The summed E-state index contributed by atoms with van der Waals surface area (Å²) in [6, 6.07) is 15.9. The molecule has 4 nitrogen and oxygen atoms in total. The quantitative estimate of drug-likeness (QED) is 0.702. The van der Waals surface area contributed by atoms with Crippen LogP contribution in [0.1, 0.15) is 27.2 Å². The normalized spacial score (nSPS) is 10.4. The molecule has 0 saturated heterocycles. The van der Waals surface area contributed by atoms with Crippen molar-refractivity contribution < 1.29 is 9.18 Å². The monoisotopic (exact) mass is 349 g/mol. The first kappa shape index (κ1) is 17.6. The van der Waals surface area contributed by atoms with Crippen molar-refractivity contribution in [3.63, 3.8) is 0 Å². The summed E-state index contributed by atoms with van der Waals surface area (Å²) in [5, 5.41) is 5.98. The molecule has 0 spiro atoms. The van der Waals surface area contributed by atoms with E-state index in [1.165, 1.54) is 6.07 Å². The minimum atomic E-state index is -0.264. The van der Waals surface area contributed by atoms with Crippen molar-refractivity contribution in [2.24, 2.45) is 0 Å². The molecule has 26 heavy (non-hydrogen) atoms. The van der Waals surface area contributed by atoms with Gasteiger partial charge >= 0.3 is 0 Å². The number of carbonyl (C=O) groups is 1. The molecular formula is C21H20FN3O. The van der Waals surface area contributed by atoms with Gasteiger partial charge in [-0.15, -0.1) is 0 Å². The van der Waals surface area contributed by atoms with Gasteiger partial charge in [-0.05, 0) is 49.2 Å². The van der Waals surface area contributed by atoms with Gasteiger partial charge in [0.25, 0.3) is 5.91 Å². The third-order valence-corrected chi connectivity index (χ3v) is 4.08. The molecule has 0 aliphatic rings. The minimum absolute atomic E-state index is 0.252. The van der Waals surface area contributed by atoms with E-state index in [2.05, 4.69) is 15.6 Å². The van der Waals surface area contributed by atoms with E-state index in [0.29, 0.717) is 17.8 Å². The van der Waals surface area contributed by atoms with E-state index in [-0.39, 0.29) is 11.7 Å². The summed E-state index contributed by atoms with van der Waals surface area (Å²) in [6.45, 7) is 4.27. The van der Waals surface area contributed by atoms with Crippen LogP contribution in [0.2, 0.25) is 0 Å². The highest BCUT2D eigenvalue weighted by atomic mass is 19.1. The molecule has 0 aliphatic carbocycles. The van der Waals surface area contributed by atoms with Crippen molar-refractivity contribution in [2.45, 2.75) is 20.4 Å². The van der Waals surface area contributed by atoms with E-state index in [4.69, 9.17) is 0 Å². The molecule has 2 aromatic carbocycles. The molecule has 0 bridgehead atoms. The zero-order valence-corrected chi connectivity index (χ0v) is 14.7. The number of hydrogen-bond acceptors (Lipinski definition) is 3. The second kappa shape index (κ2) is 7.78. The number of carbonyl (C=O) groups excluding carboxylic acids is 1. The molecule has 3 rings (SSSR count). The van der Waals surface area contributed by atoms with Crippen molar-refractivity contribution in [3.8, 4) is 0 Å². The molecular weight excluding hydrogens is 329 g/mol. The van der Waals surface area contributed by atoms with Crippen LogP contribution in [0.25, 0.3) is 0 Å². The summed E-state index contributed by atoms with van der Waals surface area (Å²) in [7, 11) is 0. The fourth-order valence-corrected chi connectivity index (χ4v) is 2.53. The molecule has 0 aliphatic heterocycles. The number of nitrogens with one attached hydrogen (secondary N) is 2. The Bertz CT molecular complexity index is 923. The Hall–Kier alpha value is -3.21. The van der Waals surface area contributed by atoms with Crippen LogP contribution in [0, 0.1) is 19.7 Å². The molecule has 3 aromatic rings. The molecule has 0 radical (unpaired) electrons. The molecule has 0 fully saturated rings. The minimum Gasteiger partial charge on any atom is -0.380 e. The number of hydrogen-bond donors (Lipinski definition) is 2. The van der Waals surface area contributed by atoms with E-state index in [1.54, 1.807) is 36.5 Å². The van der Waals surface area contributed by atoms with Crippen molar-refractivity contribution in [1.29, 1.82) is 0 Å². The van der Waals surface area contributed by atoms with E-state index in [1.807, 2.05) is 32.0 Å². The van der Waals surface area contributed by atoms with Crippen LogP contribution in [0.15, 0.2) is 60.8 Å². The van der Waals surface area contributed by atoms with Gasteiger partial charge in [0.15, 0.2) is 0 Å². The highest BCUT2D eigenvalue weighted by Gasteiger charge is 2.09. The number of anilines is 2. The fourth-order valence-electron chi connectivity index (χ4n) is 2.53. The lowest BCUT2D eigenvalue weighted by molar-refractivity contribution is 0.102. The molecule has 0 atom stereocenters. The fraction of sp³-hybridized carbons (Fsp3) is 0.143. The molecule has 0 unspecified atom stereocenters. The zero-order chi connectivity index (χ0) is 18.5. The highest BCUT2D eigenvalue weighted by Crippen LogP contribution is 2.18. The van der Waals surface area contributed by atoms with Crippen molar-refractivity contribution in [1.82, 2.24) is 4.98 Å². The summed E-state index contributed by atoms with van der Waals surface area (Å²) in [6.07, 6.45) is 1.57. The number of amides is 1. The molecule has 1 heterocycles. The number of aromatic nitrogens is 1. The Morgan fingerprint density at radius 3 is 2.62 bits per heavy atom. The number of pyridine rings is 1. The summed E-state index contributed by atoms with van der Waals surface area (Å²) >= 11 is 0. The smallest absolute Gasteiger partial charge is 0.274 e. The first-order chi connectivity index (χ1) is 12.5. The van der Waals surface area contributed by atoms with Crippen molar-refractivity contribution in [3.05, 3.63) is 89.0 Å².